The molecule has 1 aliphatic rings. The second kappa shape index (κ2) is 12.8. The zero-order chi connectivity index (χ0) is 26.2. The molecule has 1 N–H and O–H groups in total. The first-order chi connectivity index (χ1) is 17.9. The summed E-state index contributed by atoms with van der Waals surface area (Å²) in [6.07, 6.45) is 4.84. The van der Waals surface area contributed by atoms with Crippen LogP contribution in [0.15, 0.2) is 61.1 Å². The molecule has 0 unspecified atom stereocenters. The summed E-state index contributed by atoms with van der Waals surface area (Å²) in [5, 5.41) is 3.55. The van der Waals surface area contributed by atoms with Crippen LogP contribution in [0, 0.1) is 0 Å². The Hall–Kier alpha value is -3.24. The fourth-order valence-electron chi connectivity index (χ4n) is 3.74. The predicted octanol–water partition coefficient (Wildman–Crippen LogP) is 3.66. The summed E-state index contributed by atoms with van der Waals surface area (Å²) in [6.45, 7) is 2.93. The van der Waals surface area contributed by atoms with Crippen molar-refractivity contribution in [2.45, 2.75) is 12.6 Å². The highest BCUT2D eigenvalue weighted by molar-refractivity contribution is 6.35. The van der Waals surface area contributed by atoms with Crippen molar-refractivity contribution in [3.63, 3.8) is 0 Å². The van der Waals surface area contributed by atoms with Gasteiger partial charge >= 0.3 is 0 Å². The van der Waals surface area contributed by atoms with E-state index in [1.54, 1.807) is 41.6 Å². The van der Waals surface area contributed by atoms with Crippen LogP contribution in [0.1, 0.15) is 15.9 Å². The highest BCUT2D eigenvalue weighted by atomic mass is 35.5. The van der Waals surface area contributed by atoms with Crippen molar-refractivity contribution in [3.05, 3.63) is 82.2 Å². The van der Waals surface area contributed by atoms with Crippen LogP contribution in [0.25, 0.3) is 0 Å². The smallest absolute Gasteiger partial charge is 0.257 e. The maximum absolute atomic E-state index is 13.4. The van der Waals surface area contributed by atoms with E-state index in [2.05, 4.69) is 20.2 Å². The van der Waals surface area contributed by atoms with Crippen molar-refractivity contribution in [1.29, 1.82) is 0 Å². The van der Waals surface area contributed by atoms with Crippen LogP contribution in [0.3, 0.4) is 0 Å². The zero-order valence-electron chi connectivity index (χ0n) is 20.3. The number of likely N-dealkylation sites (N-methyl/N-ethyl adjacent to an activating group) is 1. The summed E-state index contributed by atoms with van der Waals surface area (Å²) in [5.41, 5.74) is 1.06. The Morgan fingerprint density at radius 3 is 2.54 bits per heavy atom. The van der Waals surface area contributed by atoms with Crippen LogP contribution in [-0.4, -0.2) is 77.5 Å². The molecule has 2 amide bonds. The van der Waals surface area contributed by atoms with Crippen molar-refractivity contribution in [3.8, 4) is 11.6 Å². The lowest BCUT2D eigenvalue weighted by Crippen LogP contribution is -2.55. The van der Waals surface area contributed by atoms with E-state index in [0.717, 1.165) is 18.7 Å². The molecule has 2 aromatic heterocycles. The van der Waals surface area contributed by atoms with Crippen LogP contribution in [-0.2, 0) is 16.1 Å². The van der Waals surface area contributed by atoms with Crippen molar-refractivity contribution in [2.24, 2.45) is 0 Å². The molecule has 37 heavy (non-hydrogen) atoms. The minimum atomic E-state index is -0.898. The van der Waals surface area contributed by atoms with E-state index in [1.807, 2.05) is 19.2 Å². The third-order valence-electron chi connectivity index (χ3n) is 5.84. The molecule has 9 nitrogen and oxygen atoms in total. The number of benzene rings is 1. The van der Waals surface area contributed by atoms with Gasteiger partial charge in [0.05, 0.1) is 18.2 Å². The SMILES string of the molecule is CN1CCN(C(=O)[C@@H](COCc2ccncc2)NC(=O)c2cccnc2Oc2ccc(Cl)cc2Cl)CC1. The fourth-order valence-corrected chi connectivity index (χ4v) is 4.19. The number of piperazine rings is 1. The molecular weight excluding hydrogens is 517 g/mol. The number of hydrogen-bond acceptors (Lipinski definition) is 7. The van der Waals surface area contributed by atoms with Crippen LogP contribution in [0.4, 0.5) is 0 Å². The minimum Gasteiger partial charge on any atom is -0.437 e. The zero-order valence-corrected chi connectivity index (χ0v) is 21.8. The Morgan fingerprint density at radius 2 is 1.81 bits per heavy atom. The molecule has 3 aromatic rings. The molecule has 0 bridgehead atoms. The molecular formula is C26H27Cl2N5O4. The van der Waals surface area contributed by atoms with Crippen molar-refractivity contribution in [2.75, 3.05) is 39.8 Å². The maximum atomic E-state index is 13.4. The lowest BCUT2D eigenvalue weighted by Gasteiger charge is -2.34. The molecule has 0 spiro atoms. The average Bonchev–Trinajstić information content (AvgIpc) is 2.90. The Balaban J connectivity index is 1.49. The van der Waals surface area contributed by atoms with Gasteiger partial charge < -0.3 is 24.6 Å². The molecule has 1 aromatic carbocycles. The van der Waals surface area contributed by atoms with Gasteiger partial charge in [0, 0.05) is 49.8 Å². The van der Waals surface area contributed by atoms with Crippen LogP contribution in [0.2, 0.25) is 10.0 Å². The molecule has 0 saturated carbocycles. The first-order valence-corrected chi connectivity index (χ1v) is 12.5. The van der Waals surface area contributed by atoms with Gasteiger partial charge in [0.15, 0.2) is 0 Å². The van der Waals surface area contributed by atoms with E-state index < -0.39 is 11.9 Å². The highest BCUT2D eigenvalue weighted by Crippen LogP contribution is 2.32. The monoisotopic (exact) mass is 543 g/mol. The van der Waals surface area contributed by atoms with E-state index in [4.69, 9.17) is 32.7 Å². The number of carbonyl (C=O) groups excluding carboxylic acids is 2. The summed E-state index contributed by atoms with van der Waals surface area (Å²) < 4.78 is 11.7. The van der Waals surface area contributed by atoms with Crippen LogP contribution >= 0.6 is 23.2 Å². The first kappa shape index (κ1) is 26.8. The average molecular weight is 544 g/mol. The van der Waals surface area contributed by atoms with Crippen LogP contribution < -0.4 is 10.1 Å². The molecule has 4 rings (SSSR count). The molecule has 194 valence electrons. The number of aromatic nitrogens is 2. The number of pyridine rings is 2. The number of nitrogens with zero attached hydrogens (tertiary/aromatic N) is 4. The van der Waals surface area contributed by atoms with Gasteiger partial charge in [0.2, 0.25) is 11.8 Å². The number of hydrogen-bond donors (Lipinski definition) is 1. The summed E-state index contributed by atoms with van der Waals surface area (Å²) in [7, 11) is 2.01. The summed E-state index contributed by atoms with van der Waals surface area (Å²) >= 11 is 12.2. The third-order valence-corrected chi connectivity index (χ3v) is 6.37. The molecule has 0 aliphatic carbocycles. The van der Waals surface area contributed by atoms with Crippen molar-refractivity contribution >= 4 is 35.0 Å². The predicted molar refractivity (Wildman–Crippen MR) is 140 cm³/mol. The lowest BCUT2D eigenvalue weighted by atomic mass is 10.2. The van der Waals surface area contributed by atoms with Gasteiger partial charge in [0.1, 0.15) is 17.4 Å². The van der Waals surface area contributed by atoms with Crippen molar-refractivity contribution < 1.29 is 19.1 Å². The van der Waals surface area contributed by atoms with Gasteiger partial charge in [-0.1, -0.05) is 23.2 Å². The van der Waals surface area contributed by atoms with E-state index in [-0.39, 0.29) is 35.6 Å². The molecule has 1 saturated heterocycles. The number of halogens is 2. The molecule has 3 heterocycles. The summed E-state index contributed by atoms with van der Waals surface area (Å²) in [4.78, 5) is 38.8. The minimum absolute atomic E-state index is 0.00129. The summed E-state index contributed by atoms with van der Waals surface area (Å²) in [6, 6.07) is 10.7. The number of nitrogens with one attached hydrogen (secondary N) is 1. The molecule has 1 fully saturated rings. The Labute approximate surface area is 225 Å². The van der Waals surface area contributed by atoms with Gasteiger partial charge in [-0.2, -0.15) is 0 Å². The Bertz CT molecular complexity index is 1220. The molecule has 1 atom stereocenters. The second-order valence-corrected chi connectivity index (χ2v) is 9.40. The standard InChI is InChI=1S/C26H27Cl2N5O4/c1-32-11-13-33(14-12-32)26(35)22(17-36-16-18-6-9-29-10-7-18)31-24(34)20-3-2-8-30-25(20)37-23-5-4-19(27)15-21(23)28/h2-10,15,22H,11-14,16-17H2,1H3,(H,31,34)/t22-/m1/s1. The first-order valence-electron chi connectivity index (χ1n) is 11.7. The normalized spacial score (nSPS) is 14.7. The fraction of sp³-hybridized carbons (Fsp3) is 0.308. The van der Waals surface area contributed by atoms with E-state index in [9.17, 15) is 9.59 Å². The van der Waals surface area contributed by atoms with Gasteiger partial charge in [-0.25, -0.2) is 4.98 Å². The highest BCUT2D eigenvalue weighted by Gasteiger charge is 2.29. The van der Waals surface area contributed by atoms with Crippen LogP contribution in [0.5, 0.6) is 11.6 Å². The van der Waals surface area contributed by atoms with E-state index in [1.165, 1.54) is 12.3 Å². The number of carbonyl (C=O) groups is 2. The Kier molecular flexibility index (Phi) is 9.29. The Morgan fingerprint density at radius 1 is 1.05 bits per heavy atom. The third kappa shape index (κ3) is 7.39. The van der Waals surface area contributed by atoms with E-state index in [0.29, 0.717) is 23.9 Å². The van der Waals surface area contributed by atoms with Gasteiger partial charge in [-0.3, -0.25) is 14.6 Å². The topological polar surface area (TPSA) is 96.9 Å². The summed E-state index contributed by atoms with van der Waals surface area (Å²) in [5.74, 6) is -0.381. The van der Waals surface area contributed by atoms with Gasteiger partial charge in [-0.05, 0) is 55.1 Å². The lowest BCUT2D eigenvalue weighted by molar-refractivity contribution is -0.136. The van der Waals surface area contributed by atoms with E-state index >= 15 is 0 Å². The second-order valence-electron chi connectivity index (χ2n) is 8.56. The molecule has 0 radical (unpaired) electrons. The maximum Gasteiger partial charge on any atom is 0.257 e. The molecule has 11 heteroatoms. The largest absolute Gasteiger partial charge is 0.437 e. The van der Waals surface area contributed by atoms with Gasteiger partial charge in [0.25, 0.3) is 5.91 Å². The number of rotatable bonds is 9. The molecule has 1 aliphatic heterocycles. The quantitative estimate of drug-likeness (QED) is 0.439. The number of amides is 2. The van der Waals surface area contributed by atoms with Gasteiger partial charge in [-0.15, -0.1) is 0 Å². The van der Waals surface area contributed by atoms with Crippen molar-refractivity contribution in [1.82, 2.24) is 25.1 Å². The number of ether oxygens (including phenoxy) is 2.